The van der Waals surface area contributed by atoms with Crippen LogP contribution >= 0.6 is 34.4 Å². The topological polar surface area (TPSA) is 12.2 Å². The zero-order chi connectivity index (χ0) is 8.55. The van der Waals surface area contributed by atoms with Gasteiger partial charge in [0.05, 0.1) is 6.61 Å². The van der Waals surface area contributed by atoms with Gasteiger partial charge in [-0.3, -0.25) is 0 Å². The Morgan fingerprint density at radius 1 is 1.31 bits per heavy atom. The lowest BCUT2D eigenvalue weighted by molar-refractivity contribution is -0.00000283. The van der Waals surface area contributed by atoms with E-state index in [0.29, 0.717) is 0 Å². The van der Waals surface area contributed by atoms with Gasteiger partial charge < -0.3 is 21.7 Å². The summed E-state index contributed by atoms with van der Waals surface area (Å²) in [4.78, 5) is 0. The highest BCUT2D eigenvalue weighted by molar-refractivity contribution is 8.01. The van der Waals surface area contributed by atoms with Crippen molar-refractivity contribution >= 4 is 34.4 Å². The summed E-state index contributed by atoms with van der Waals surface area (Å²) < 4.78 is 10.3. The number of thioether (sulfide) groups is 1. The molecular formula is C7H10BrNOS3. The van der Waals surface area contributed by atoms with Crippen molar-refractivity contribution in [3.8, 4) is 5.06 Å². The predicted molar refractivity (Wildman–Crippen MR) is 55.5 cm³/mol. The summed E-state index contributed by atoms with van der Waals surface area (Å²) in [6, 6.07) is 0. The molecule has 0 atom stereocenters. The molecule has 0 saturated heterocycles. The zero-order valence-corrected chi connectivity index (χ0v) is 11.4. The van der Waals surface area contributed by atoms with E-state index in [1.54, 1.807) is 11.3 Å². The van der Waals surface area contributed by atoms with Crippen molar-refractivity contribution in [3.05, 3.63) is 3.98 Å². The lowest BCUT2D eigenvalue weighted by atomic mass is 10.8. The van der Waals surface area contributed by atoms with Crippen molar-refractivity contribution in [2.24, 2.45) is 0 Å². The van der Waals surface area contributed by atoms with Crippen molar-refractivity contribution in [3.63, 3.8) is 0 Å². The molecule has 0 aromatic carbocycles. The molecule has 0 radical (unpaired) electrons. The summed E-state index contributed by atoms with van der Waals surface area (Å²) in [7, 11) is 4.14. The van der Waals surface area contributed by atoms with Gasteiger partial charge in [-0.15, -0.1) is 11.8 Å². The van der Waals surface area contributed by atoms with E-state index < -0.39 is 0 Å². The minimum absolute atomic E-state index is 0. The summed E-state index contributed by atoms with van der Waals surface area (Å²) in [5.74, 6) is 1.09. The Morgan fingerprint density at radius 3 is 2.69 bits per heavy atom. The molecule has 1 aromatic heterocycles. The van der Waals surface area contributed by atoms with Gasteiger partial charge in [0.15, 0.2) is 0 Å². The second kappa shape index (κ2) is 4.82. The van der Waals surface area contributed by atoms with Crippen LogP contribution in [0.3, 0.4) is 0 Å². The minimum Gasteiger partial charge on any atom is -1.00 e. The van der Waals surface area contributed by atoms with Gasteiger partial charge in [0, 0.05) is 5.75 Å². The molecule has 0 unspecified atom stereocenters. The number of fused-ring (bicyclic) bond motifs is 1. The summed E-state index contributed by atoms with van der Waals surface area (Å²) in [5.41, 5.74) is 0. The second-order valence-corrected chi connectivity index (χ2v) is 6.22. The highest BCUT2D eigenvalue weighted by atomic mass is 79.9. The van der Waals surface area contributed by atoms with Gasteiger partial charge in [0.25, 0.3) is 0 Å². The van der Waals surface area contributed by atoms with Crippen LogP contribution in [0.25, 0.3) is 0 Å². The molecule has 1 aliphatic rings. The van der Waals surface area contributed by atoms with Crippen molar-refractivity contribution in [2.75, 3.05) is 26.5 Å². The summed E-state index contributed by atoms with van der Waals surface area (Å²) in [6.45, 7) is 0.859. The molecule has 6 heteroatoms. The molecule has 0 aliphatic carbocycles. The zero-order valence-electron chi connectivity index (χ0n) is 7.37. The third kappa shape index (κ3) is 2.49. The monoisotopic (exact) mass is 299 g/mol. The van der Waals surface area contributed by atoms with Crippen molar-refractivity contribution in [2.45, 2.75) is 4.21 Å². The molecule has 2 nitrogen and oxygen atoms in total. The van der Waals surface area contributed by atoms with Crippen LogP contribution in [-0.4, -0.2) is 26.5 Å². The van der Waals surface area contributed by atoms with E-state index in [1.807, 2.05) is 23.1 Å². The van der Waals surface area contributed by atoms with Gasteiger partial charge in [-0.2, -0.15) is 0 Å². The number of hydrogen-bond acceptors (Lipinski definition) is 4. The van der Waals surface area contributed by atoms with E-state index >= 15 is 0 Å². The summed E-state index contributed by atoms with van der Waals surface area (Å²) in [5, 5.41) is 1.11. The molecule has 0 fully saturated rings. The molecule has 13 heavy (non-hydrogen) atoms. The maximum Gasteiger partial charge on any atom is 0.318 e. The van der Waals surface area contributed by atoms with Crippen molar-refractivity contribution < 1.29 is 21.7 Å². The van der Waals surface area contributed by atoms with Crippen LogP contribution in [0, 0.1) is 0 Å². The number of rotatable bonds is 0. The molecule has 0 N–H and O–H groups in total. The number of halogens is 1. The van der Waals surface area contributed by atoms with Gasteiger partial charge in [-0.05, 0) is 22.7 Å². The third-order valence-electron chi connectivity index (χ3n) is 1.44. The Bertz CT molecular complexity index is 326. The molecule has 1 aromatic rings. The lowest BCUT2D eigenvalue weighted by Crippen LogP contribution is -3.00. The smallest absolute Gasteiger partial charge is 0.318 e. The summed E-state index contributed by atoms with van der Waals surface area (Å²) >= 11 is 5.47. The Morgan fingerprint density at radius 2 is 2.08 bits per heavy atom. The average Bonchev–Trinajstić information content (AvgIpc) is 2.46. The van der Waals surface area contributed by atoms with E-state index in [1.165, 1.54) is 8.19 Å². The number of ether oxygens (including phenoxy) is 1. The van der Waals surface area contributed by atoms with Gasteiger partial charge in [0.1, 0.15) is 18.3 Å². The maximum atomic E-state index is 5.54. The Kier molecular flexibility index (Phi) is 4.28. The SMILES string of the molecule is C[N+](C)=c1sc2c(s1)SCCO2.[Br-]. The third-order valence-corrected chi connectivity index (χ3v) is 5.58. The summed E-state index contributed by atoms with van der Waals surface area (Å²) in [6.07, 6.45) is 0. The fourth-order valence-electron chi connectivity index (χ4n) is 0.891. The first kappa shape index (κ1) is 11.6. The fourth-order valence-corrected chi connectivity index (χ4v) is 4.55. The standard InChI is InChI=1S/C7H10NOS3.BrH/c1-8(2)7-11-5-6(12-7)10-4-3-9-5;/h3-4H2,1-2H3;1H/q+1;/p-1. The second-order valence-electron chi connectivity index (χ2n) is 2.64. The van der Waals surface area contributed by atoms with Crippen LogP contribution in [0.2, 0.25) is 0 Å². The number of nitrogens with zero attached hydrogens (tertiary/aromatic N) is 1. The molecule has 2 heterocycles. The molecule has 0 bridgehead atoms. The van der Waals surface area contributed by atoms with E-state index in [9.17, 15) is 0 Å². The van der Waals surface area contributed by atoms with Gasteiger partial charge >= 0.3 is 3.98 Å². The highest BCUT2D eigenvalue weighted by Gasteiger charge is 2.16. The van der Waals surface area contributed by atoms with Crippen molar-refractivity contribution in [1.29, 1.82) is 0 Å². The molecule has 74 valence electrons. The first-order valence-electron chi connectivity index (χ1n) is 3.67. The van der Waals surface area contributed by atoms with E-state index in [4.69, 9.17) is 4.74 Å². The first-order valence-corrected chi connectivity index (χ1v) is 6.29. The minimum atomic E-state index is 0. The van der Waals surface area contributed by atoms with E-state index in [2.05, 4.69) is 18.7 Å². The molecule has 0 spiro atoms. The Hall–Kier alpha value is 0.480. The number of hydrogen-bond donors (Lipinski definition) is 0. The van der Waals surface area contributed by atoms with Crippen LogP contribution in [0.5, 0.6) is 5.06 Å². The van der Waals surface area contributed by atoms with Crippen LogP contribution < -0.4 is 30.3 Å². The normalized spacial score (nSPS) is 14.0. The quantitative estimate of drug-likeness (QED) is 0.531. The Labute approximate surface area is 100 Å². The van der Waals surface area contributed by atoms with E-state index in [-0.39, 0.29) is 17.0 Å². The van der Waals surface area contributed by atoms with Crippen LogP contribution in [-0.2, 0) is 0 Å². The molecule has 0 amide bonds. The predicted octanol–water partition coefficient (Wildman–Crippen LogP) is -1.67. The molecule has 1 aliphatic heterocycles. The fraction of sp³-hybridized carbons (Fsp3) is 0.571. The van der Waals surface area contributed by atoms with Crippen LogP contribution in [0.15, 0.2) is 4.21 Å². The largest absolute Gasteiger partial charge is 1.00 e. The highest BCUT2D eigenvalue weighted by Crippen LogP contribution is 2.38. The molecular weight excluding hydrogens is 290 g/mol. The van der Waals surface area contributed by atoms with Crippen molar-refractivity contribution in [1.82, 2.24) is 4.58 Å². The van der Waals surface area contributed by atoms with Gasteiger partial charge in [-0.1, -0.05) is 0 Å². The molecule has 2 rings (SSSR count). The molecule has 0 saturated carbocycles. The van der Waals surface area contributed by atoms with E-state index in [0.717, 1.165) is 17.4 Å². The van der Waals surface area contributed by atoms with Crippen LogP contribution in [0.4, 0.5) is 0 Å². The maximum absolute atomic E-state index is 5.54. The van der Waals surface area contributed by atoms with Gasteiger partial charge in [-0.25, -0.2) is 4.58 Å². The van der Waals surface area contributed by atoms with Crippen LogP contribution in [0.1, 0.15) is 0 Å². The first-order chi connectivity index (χ1) is 5.77. The lowest BCUT2D eigenvalue weighted by Gasteiger charge is -2.09. The van der Waals surface area contributed by atoms with Gasteiger partial charge in [0.2, 0.25) is 5.06 Å². The Balaban J connectivity index is 0.000000845. The average molecular weight is 300 g/mol.